The van der Waals surface area contributed by atoms with E-state index >= 15 is 0 Å². The Morgan fingerprint density at radius 2 is 1.94 bits per heavy atom. The molecule has 0 aromatic heterocycles. The molecule has 1 aromatic carbocycles. The summed E-state index contributed by atoms with van der Waals surface area (Å²) in [5, 5.41) is -0.206. The van der Waals surface area contributed by atoms with E-state index in [0.717, 1.165) is 12.1 Å². The van der Waals surface area contributed by atoms with Gasteiger partial charge in [0.15, 0.2) is 0 Å². The molecule has 4 N–H and O–H groups in total. The lowest BCUT2D eigenvalue weighted by Gasteiger charge is -2.11. The Kier molecular flexibility index (Phi) is 3.18. The number of amides is 1. The number of benzene rings is 1. The van der Waals surface area contributed by atoms with E-state index in [4.69, 9.17) is 23.1 Å². The second-order valence-corrected chi connectivity index (χ2v) is 3.16. The number of nitrogen functional groups attached to an aromatic ring is 1. The number of primary amides is 1. The van der Waals surface area contributed by atoms with Crippen molar-refractivity contribution in [1.29, 1.82) is 0 Å². The van der Waals surface area contributed by atoms with Gasteiger partial charge in [-0.3, -0.25) is 4.79 Å². The number of nitrogens with two attached hydrogens (primary N) is 2. The summed E-state index contributed by atoms with van der Waals surface area (Å²) in [6, 6.07) is 1.62. The van der Waals surface area contributed by atoms with E-state index in [2.05, 4.69) is 4.74 Å². The van der Waals surface area contributed by atoms with Gasteiger partial charge in [-0.1, -0.05) is 11.6 Å². The van der Waals surface area contributed by atoms with Crippen LogP contribution in [0.2, 0.25) is 5.02 Å². The third-order valence-corrected chi connectivity index (χ3v) is 2.00. The van der Waals surface area contributed by atoms with Gasteiger partial charge in [-0.15, -0.1) is 13.2 Å². The Bertz CT molecular complexity index is 434. The average molecular weight is 255 g/mol. The third kappa shape index (κ3) is 2.93. The molecule has 8 heteroatoms. The van der Waals surface area contributed by atoms with Crippen molar-refractivity contribution >= 4 is 23.2 Å². The number of anilines is 1. The fourth-order valence-electron chi connectivity index (χ4n) is 0.991. The molecule has 0 saturated heterocycles. The zero-order valence-corrected chi connectivity index (χ0v) is 8.39. The quantitative estimate of drug-likeness (QED) is 0.792. The van der Waals surface area contributed by atoms with Gasteiger partial charge in [0.1, 0.15) is 5.75 Å². The van der Waals surface area contributed by atoms with Crippen molar-refractivity contribution in [2.75, 3.05) is 5.73 Å². The minimum absolute atomic E-state index is 0.206. The SMILES string of the molecule is NC(=O)c1cc(OC(F)(F)F)cc(N)c1Cl. The topological polar surface area (TPSA) is 78.3 Å². The maximum absolute atomic E-state index is 11.9. The van der Waals surface area contributed by atoms with E-state index in [9.17, 15) is 18.0 Å². The van der Waals surface area contributed by atoms with Crippen LogP contribution in [0.5, 0.6) is 5.75 Å². The third-order valence-electron chi connectivity index (χ3n) is 1.57. The molecule has 88 valence electrons. The summed E-state index contributed by atoms with van der Waals surface area (Å²) in [5.41, 5.74) is 9.63. The average Bonchev–Trinajstić information content (AvgIpc) is 2.07. The molecular formula is C8H6ClF3N2O2. The predicted molar refractivity (Wildman–Crippen MR) is 51.1 cm³/mol. The summed E-state index contributed by atoms with van der Waals surface area (Å²) in [5.74, 6) is -1.65. The zero-order chi connectivity index (χ0) is 12.5. The van der Waals surface area contributed by atoms with Crippen molar-refractivity contribution in [2.24, 2.45) is 5.73 Å². The number of carbonyl (C=O) groups is 1. The van der Waals surface area contributed by atoms with Crippen molar-refractivity contribution in [3.63, 3.8) is 0 Å². The van der Waals surface area contributed by atoms with Gasteiger partial charge in [0.05, 0.1) is 16.3 Å². The standard InChI is InChI=1S/C8H6ClF3N2O2/c9-6-4(7(14)15)1-3(2-5(6)13)16-8(10,11)12/h1-2H,13H2,(H2,14,15). The van der Waals surface area contributed by atoms with Crippen molar-refractivity contribution in [1.82, 2.24) is 0 Å². The first-order chi connectivity index (χ1) is 7.20. The van der Waals surface area contributed by atoms with Gasteiger partial charge < -0.3 is 16.2 Å². The largest absolute Gasteiger partial charge is 0.573 e. The highest BCUT2D eigenvalue weighted by atomic mass is 35.5. The molecule has 0 saturated carbocycles. The van der Waals surface area contributed by atoms with Crippen LogP contribution in [-0.2, 0) is 0 Å². The van der Waals surface area contributed by atoms with Crippen LogP contribution < -0.4 is 16.2 Å². The fraction of sp³-hybridized carbons (Fsp3) is 0.125. The van der Waals surface area contributed by atoms with E-state index in [1.165, 1.54) is 0 Å². The first-order valence-corrected chi connectivity index (χ1v) is 4.23. The summed E-state index contributed by atoms with van der Waals surface area (Å²) < 4.78 is 39.3. The normalized spacial score (nSPS) is 11.2. The number of hydrogen-bond donors (Lipinski definition) is 2. The van der Waals surface area contributed by atoms with Crippen molar-refractivity contribution in [3.8, 4) is 5.75 Å². The van der Waals surface area contributed by atoms with Crippen LogP contribution >= 0.6 is 11.6 Å². The Labute approximate surface area is 92.9 Å². The van der Waals surface area contributed by atoms with Crippen LogP contribution in [0, 0.1) is 0 Å². The summed E-state index contributed by atoms with van der Waals surface area (Å²) in [7, 11) is 0. The maximum atomic E-state index is 11.9. The molecule has 0 radical (unpaired) electrons. The molecular weight excluding hydrogens is 249 g/mol. The van der Waals surface area contributed by atoms with Crippen LogP contribution in [0.4, 0.5) is 18.9 Å². The zero-order valence-electron chi connectivity index (χ0n) is 7.64. The Morgan fingerprint density at radius 3 is 2.38 bits per heavy atom. The first kappa shape index (κ1) is 12.4. The Balaban J connectivity index is 3.19. The van der Waals surface area contributed by atoms with E-state index in [-0.39, 0.29) is 16.3 Å². The highest BCUT2D eigenvalue weighted by Crippen LogP contribution is 2.31. The molecule has 0 bridgehead atoms. The van der Waals surface area contributed by atoms with Gasteiger partial charge in [-0.25, -0.2) is 0 Å². The van der Waals surface area contributed by atoms with Gasteiger partial charge in [0, 0.05) is 6.07 Å². The highest BCUT2D eigenvalue weighted by molar-refractivity contribution is 6.36. The molecule has 0 aliphatic carbocycles. The van der Waals surface area contributed by atoms with Crippen molar-refractivity contribution in [3.05, 3.63) is 22.7 Å². The summed E-state index contributed by atoms with van der Waals surface area (Å²) in [4.78, 5) is 10.8. The highest BCUT2D eigenvalue weighted by Gasteiger charge is 2.31. The van der Waals surface area contributed by atoms with Gasteiger partial charge in [0.25, 0.3) is 0 Å². The smallest absolute Gasteiger partial charge is 0.406 e. The number of hydrogen-bond acceptors (Lipinski definition) is 3. The number of carbonyl (C=O) groups excluding carboxylic acids is 1. The molecule has 0 heterocycles. The second-order valence-electron chi connectivity index (χ2n) is 2.79. The van der Waals surface area contributed by atoms with Gasteiger partial charge in [-0.05, 0) is 6.07 Å². The van der Waals surface area contributed by atoms with Crippen LogP contribution in [0.1, 0.15) is 10.4 Å². The summed E-state index contributed by atoms with van der Waals surface area (Å²) >= 11 is 5.57. The fourth-order valence-corrected chi connectivity index (χ4v) is 1.19. The predicted octanol–water partition coefficient (Wildman–Crippen LogP) is 1.92. The lowest BCUT2D eigenvalue weighted by atomic mass is 10.2. The van der Waals surface area contributed by atoms with Gasteiger partial charge in [-0.2, -0.15) is 0 Å². The molecule has 0 aliphatic rings. The maximum Gasteiger partial charge on any atom is 0.573 e. The van der Waals surface area contributed by atoms with Crippen molar-refractivity contribution in [2.45, 2.75) is 6.36 Å². The van der Waals surface area contributed by atoms with Gasteiger partial charge >= 0.3 is 6.36 Å². The number of rotatable bonds is 2. The Hall–Kier alpha value is -1.63. The number of alkyl halides is 3. The minimum atomic E-state index is -4.88. The second kappa shape index (κ2) is 4.09. The van der Waals surface area contributed by atoms with Gasteiger partial charge in [0.2, 0.25) is 5.91 Å². The molecule has 1 aromatic rings. The number of ether oxygens (including phenoxy) is 1. The van der Waals surface area contributed by atoms with Crippen molar-refractivity contribution < 1.29 is 22.7 Å². The van der Waals surface area contributed by atoms with E-state index in [1.54, 1.807) is 0 Å². The lowest BCUT2D eigenvalue weighted by Crippen LogP contribution is -2.18. The van der Waals surface area contributed by atoms with Crippen LogP contribution in [0.15, 0.2) is 12.1 Å². The van der Waals surface area contributed by atoms with Crippen LogP contribution in [-0.4, -0.2) is 12.3 Å². The summed E-state index contributed by atoms with van der Waals surface area (Å²) in [6.07, 6.45) is -4.88. The van der Waals surface area contributed by atoms with Crippen LogP contribution in [0.3, 0.4) is 0 Å². The Morgan fingerprint density at radius 1 is 1.38 bits per heavy atom. The van der Waals surface area contributed by atoms with E-state index < -0.39 is 18.0 Å². The lowest BCUT2D eigenvalue weighted by molar-refractivity contribution is -0.274. The van der Waals surface area contributed by atoms with Crippen LogP contribution in [0.25, 0.3) is 0 Å². The molecule has 16 heavy (non-hydrogen) atoms. The molecule has 0 spiro atoms. The van der Waals surface area contributed by atoms with E-state index in [1.807, 2.05) is 0 Å². The van der Waals surface area contributed by atoms with E-state index in [0.29, 0.717) is 0 Å². The number of halogens is 4. The first-order valence-electron chi connectivity index (χ1n) is 3.85. The molecule has 0 aliphatic heterocycles. The molecule has 0 unspecified atom stereocenters. The molecule has 4 nitrogen and oxygen atoms in total. The molecule has 1 amide bonds. The monoisotopic (exact) mass is 254 g/mol. The molecule has 0 atom stereocenters. The molecule has 0 fully saturated rings. The summed E-state index contributed by atoms with van der Waals surface area (Å²) in [6.45, 7) is 0. The minimum Gasteiger partial charge on any atom is -0.406 e. The molecule has 1 rings (SSSR count).